The van der Waals surface area contributed by atoms with E-state index in [0.29, 0.717) is 70.4 Å². The normalized spacial score (nSPS) is 19.2. The van der Waals surface area contributed by atoms with Crippen molar-refractivity contribution in [1.29, 1.82) is 0 Å². The van der Waals surface area contributed by atoms with Crippen molar-refractivity contribution in [3.8, 4) is 0 Å². The van der Waals surface area contributed by atoms with Crippen LogP contribution >= 0.6 is 11.8 Å². The number of likely N-dealkylation sites (tertiary alicyclic amines) is 1. The molecule has 5 rings (SSSR count). The summed E-state index contributed by atoms with van der Waals surface area (Å²) in [5.74, 6) is -1.96. The Kier molecular flexibility index (Phi) is 12.8. The topological polar surface area (TPSA) is 208 Å². The van der Waals surface area contributed by atoms with E-state index in [0.717, 1.165) is 34.2 Å². The summed E-state index contributed by atoms with van der Waals surface area (Å²) in [7, 11) is 0. The highest BCUT2D eigenvalue weighted by Crippen LogP contribution is 2.27. The molecule has 51 heavy (non-hydrogen) atoms. The molecule has 5 N–H and O–H groups in total. The number of urea groups is 1. The first-order valence-electron chi connectivity index (χ1n) is 17.2. The Balaban J connectivity index is 0.984. The number of hydrogen-bond acceptors (Lipinski definition) is 10. The Hall–Kier alpha value is -4.83. The van der Waals surface area contributed by atoms with Gasteiger partial charge in [0.25, 0.3) is 0 Å². The molecule has 1 unspecified atom stereocenters. The van der Waals surface area contributed by atoms with E-state index in [4.69, 9.17) is 10.8 Å². The predicted octanol–water partition coefficient (Wildman–Crippen LogP) is 2.54. The molecule has 0 spiro atoms. The Morgan fingerprint density at radius 3 is 2.49 bits per heavy atom. The summed E-state index contributed by atoms with van der Waals surface area (Å²) in [6.07, 6.45) is 6.51. The maximum absolute atomic E-state index is 12.8. The quantitative estimate of drug-likeness (QED) is 0.147. The Morgan fingerprint density at radius 1 is 0.980 bits per heavy atom. The molecule has 0 bridgehead atoms. The van der Waals surface area contributed by atoms with Gasteiger partial charge in [0.2, 0.25) is 23.6 Å². The number of nitrogens with one attached hydrogen (secondary N) is 2. The average Bonchev–Trinajstić information content (AvgIpc) is 3.66. The van der Waals surface area contributed by atoms with Crippen LogP contribution in [0.3, 0.4) is 0 Å². The minimum absolute atomic E-state index is 0.0369. The molecule has 3 atom stereocenters. The zero-order valence-corrected chi connectivity index (χ0v) is 29.4. The van der Waals surface area contributed by atoms with Gasteiger partial charge in [-0.2, -0.15) is 5.10 Å². The van der Waals surface area contributed by atoms with Crippen LogP contribution in [0.25, 0.3) is 0 Å². The monoisotopic (exact) mass is 720 g/mol. The van der Waals surface area contributed by atoms with Crippen LogP contribution in [0.4, 0.5) is 10.5 Å². The molecule has 0 saturated carbocycles. The number of imide groups is 1. The molecule has 1 aromatic carbocycles. The Labute approximate surface area is 300 Å². The number of hydrazone groups is 1. The van der Waals surface area contributed by atoms with Gasteiger partial charge in [0.15, 0.2) is 0 Å². The van der Waals surface area contributed by atoms with E-state index in [2.05, 4.69) is 20.7 Å². The summed E-state index contributed by atoms with van der Waals surface area (Å²) in [4.78, 5) is 80.7. The Bertz CT molecular complexity index is 1640. The van der Waals surface area contributed by atoms with Crippen LogP contribution in [0, 0.1) is 5.92 Å². The molecule has 1 fully saturated rings. The summed E-state index contributed by atoms with van der Waals surface area (Å²) >= 11 is 1.09. The number of carbonyl (C=O) groups excluding carboxylic acids is 5. The summed E-state index contributed by atoms with van der Waals surface area (Å²) in [6.45, 7) is 4.02. The highest BCUT2D eigenvalue weighted by atomic mass is 32.2. The summed E-state index contributed by atoms with van der Waals surface area (Å²) in [6, 6.07) is 8.08. The van der Waals surface area contributed by atoms with Gasteiger partial charge in [-0.1, -0.05) is 25.5 Å². The van der Waals surface area contributed by atoms with E-state index < -0.39 is 17.3 Å². The molecule has 3 aliphatic heterocycles. The number of nitrogens with zero attached hydrogens (tertiary/aromatic N) is 5. The van der Waals surface area contributed by atoms with Crippen LogP contribution in [0.5, 0.6) is 0 Å². The van der Waals surface area contributed by atoms with Crippen LogP contribution in [-0.2, 0) is 37.1 Å². The van der Waals surface area contributed by atoms with Crippen LogP contribution in [-0.4, -0.2) is 103 Å². The van der Waals surface area contributed by atoms with Gasteiger partial charge in [0.1, 0.15) is 6.04 Å². The van der Waals surface area contributed by atoms with Crippen molar-refractivity contribution >= 4 is 58.8 Å². The number of nitrogens with two attached hydrogens (primary N) is 1. The first-order chi connectivity index (χ1) is 24.5. The molecule has 1 saturated heterocycles. The summed E-state index contributed by atoms with van der Waals surface area (Å²) < 4.78 is 0. The molecular weight excluding hydrogens is 677 g/mol. The maximum Gasteiger partial charge on any atom is 0.322 e. The van der Waals surface area contributed by atoms with E-state index in [1.807, 2.05) is 37.3 Å². The average molecular weight is 721 g/mol. The molecule has 272 valence electrons. The number of thioether (sulfide) groups is 1. The third-order valence-corrected chi connectivity index (χ3v) is 10.4. The number of carboxylic acids is 1. The lowest BCUT2D eigenvalue weighted by Gasteiger charge is -2.28. The fourth-order valence-electron chi connectivity index (χ4n) is 6.14. The zero-order valence-electron chi connectivity index (χ0n) is 28.6. The first kappa shape index (κ1) is 37.4. The SMILES string of the molecule is CC1CC(=O)N(CCCNC(=O)CCCCCN2C(=O)C[C@H](SC[C@H](N)C(=O)O)C2=O)N=C1c1ccc(NC(=O)N2Cc3ccncc3C2)cc1. The van der Waals surface area contributed by atoms with Crippen molar-refractivity contribution in [3.05, 3.63) is 59.4 Å². The van der Waals surface area contributed by atoms with Crippen molar-refractivity contribution in [1.82, 2.24) is 25.1 Å². The van der Waals surface area contributed by atoms with E-state index in [-0.39, 0.29) is 54.3 Å². The number of fused-ring (bicyclic) bond motifs is 1. The molecule has 1 aromatic heterocycles. The van der Waals surface area contributed by atoms with Gasteiger partial charge in [-0.15, -0.1) is 11.8 Å². The van der Waals surface area contributed by atoms with Crippen molar-refractivity contribution in [2.75, 3.05) is 30.7 Å². The Morgan fingerprint density at radius 2 is 1.75 bits per heavy atom. The zero-order chi connectivity index (χ0) is 36.5. The lowest BCUT2D eigenvalue weighted by molar-refractivity contribution is -0.139. The van der Waals surface area contributed by atoms with Gasteiger partial charge < -0.3 is 26.4 Å². The maximum atomic E-state index is 12.8. The van der Waals surface area contributed by atoms with Crippen molar-refractivity contribution in [2.24, 2.45) is 16.8 Å². The largest absolute Gasteiger partial charge is 0.480 e. The van der Waals surface area contributed by atoms with E-state index in [1.54, 1.807) is 17.3 Å². The summed E-state index contributed by atoms with van der Waals surface area (Å²) in [5, 5.41) is 20.2. The van der Waals surface area contributed by atoms with Crippen LogP contribution < -0.4 is 16.4 Å². The van der Waals surface area contributed by atoms with Crippen molar-refractivity contribution in [2.45, 2.75) is 76.3 Å². The second kappa shape index (κ2) is 17.4. The third kappa shape index (κ3) is 9.91. The van der Waals surface area contributed by atoms with E-state index >= 15 is 0 Å². The van der Waals surface area contributed by atoms with Gasteiger partial charge >= 0.3 is 12.0 Å². The number of unbranched alkanes of at least 4 members (excludes halogenated alkanes) is 2. The lowest BCUT2D eigenvalue weighted by atomic mass is 9.93. The van der Waals surface area contributed by atoms with Crippen molar-refractivity contribution < 1.29 is 33.9 Å². The molecular formula is C35H44N8O7S. The number of hydrogen-bond donors (Lipinski definition) is 4. The fourth-order valence-corrected chi connectivity index (χ4v) is 7.25. The van der Waals surface area contributed by atoms with Crippen LogP contribution in [0.2, 0.25) is 0 Å². The number of amides is 6. The third-order valence-electron chi connectivity index (χ3n) is 9.06. The van der Waals surface area contributed by atoms with Gasteiger partial charge in [0, 0.05) is 81.7 Å². The van der Waals surface area contributed by atoms with Gasteiger partial charge in [-0.05, 0) is 54.2 Å². The molecule has 4 heterocycles. The number of rotatable bonds is 16. The second-order valence-electron chi connectivity index (χ2n) is 13.0. The molecule has 16 heteroatoms. The minimum Gasteiger partial charge on any atom is -0.480 e. The second-order valence-corrected chi connectivity index (χ2v) is 14.2. The molecule has 0 aliphatic carbocycles. The number of anilines is 1. The lowest BCUT2D eigenvalue weighted by Crippen LogP contribution is -2.38. The number of aliphatic carboxylic acids is 1. The van der Waals surface area contributed by atoms with Crippen molar-refractivity contribution in [3.63, 3.8) is 0 Å². The van der Waals surface area contributed by atoms with E-state index in [9.17, 15) is 28.8 Å². The number of carboxylic acid groups (broad SMARTS) is 1. The highest BCUT2D eigenvalue weighted by Gasteiger charge is 2.38. The van der Waals surface area contributed by atoms with E-state index in [1.165, 1.54) is 9.91 Å². The van der Waals surface area contributed by atoms with Gasteiger partial charge in [-0.25, -0.2) is 9.80 Å². The van der Waals surface area contributed by atoms with Gasteiger partial charge in [-0.3, -0.25) is 33.9 Å². The molecule has 0 radical (unpaired) electrons. The number of carbonyl (C=O) groups is 6. The summed E-state index contributed by atoms with van der Waals surface area (Å²) in [5.41, 5.74) is 9.95. The molecule has 6 amide bonds. The smallest absolute Gasteiger partial charge is 0.322 e. The van der Waals surface area contributed by atoms with Crippen LogP contribution in [0.15, 0.2) is 47.8 Å². The molecule has 3 aliphatic rings. The fraction of sp³-hybridized carbons (Fsp3) is 0.486. The minimum atomic E-state index is -1.15. The van der Waals surface area contributed by atoms with Crippen LogP contribution in [0.1, 0.15) is 68.6 Å². The first-order valence-corrected chi connectivity index (χ1v) is 18.2. The molecule has 15 nitrogen and oxygen atoms in total. The predicted molar refractivity (Wildman–Crippen MR) is 190 cm³/mol. The van der Waals surface area contributed by atoms with Gasteiger partial charge in [0.05, 0.1) is 11.0 Å². The number of pyridine rings is 1. The molecule has 2 aromatic rings. The highest BCUT2D eigenvalue weighted by molar-refractivity contribution is 8.00. The number of aromatic nitrogens is 1. The standard InChI is InChI=1S/C35H44N8O7S/c1-22-16-31(46)43(40-32(22)23-7-9-26(10-8-23)39-35(50)41-19-24-11-13-37-18-25(24)20-41)15-5-12-38-29(44)6-3-2-4-14-42-30(45)17-28(33(42)47)51-21-27(36)34(48)49/h7-11,13,18,22,27-28H,2-6,12,14-17,19-21,36H2,1H3,(H,38,44)(H,39,50)(H,48,49)/t22?,27-,28-/m0/s1. The number of benzene rings is 1.